The van der Waals surface area contributed by atoms with Gasteiger partial charge < -0.3 is 24.3 Å². The van der Waals surface area contributed by atoms with Crippen molar-refractivity contribution in [2.45, 2.75) is 32.4 Å². The molecule has 4 heterocycles. The van der Waals surface area contributed by atoms with Gasteiger partial charge in [0, 0.05) is 30.5 Å². The monoisotopic (exact) mass is 600 g/mol. The third-order valence-corrected chi connectivity index (χ3v) is 8.64. The molecule has 0 unspecified atom stereocenters. The van der Waals surface area contributed by atoms with Crippen LogP contribution in [0.2, 0.25) is 5.02 Å². The van der Waals surface area contributed by atoms with Gasteiger partial charge in [-0.05, 0) is 85.1 Å². The summed E-state index contributed by atoms with van der Waals surface area (Å²) in [5.74, 6) is 2.26. The van der Waals surface area contributed by atoms with E-state index in [0.29, 0.717) is 33.3 Å². The quantitative estimate of drug-likeness (QED) is 0.181. The van der Waals surface area contributed by atoms with Gasteiger partial charge in [0.1, 0.15) is 17.6 Å². The summed E-state index contributed by atoms with van der Waals surface area (Å²) in [7, 11) is 1.37. The lowest BCUT2D eigenvalue weighted by Gasteiger charge is -2.37. The summed E-state index contributed by atoms with van der Waals surface area (Å²) in [6.45, 7) is 6.58. The number of carbonyl (C=O) groups excluding carboxylic acids is 1. The van der Waals surface area contributed by atoms with Gasteiger partial charge in [0.05, 0.1) is 35.1 Å². The Bertz CT molecular complexity index is 1580. The van der Waals surface area contributed by atoms with Crippen molar-refractivity contribution in [2.24, 2.45) is 11.8 Å². The number of nitrogens with zero attached hydrogens (tertiary/aromatic N) is 3. The molecule has 0 saturated carbocycles. The minimum Gasteiger partial charge on any atom is -0.465 e. The molecular weight excluding hydrogens is 568 g/mol. The van der Waals surface area contributed by atoms with Crippen molar-refractivity contribution in [2.75, 3.05) is 30.0 Å². The molecule has 2 aromatic heterocycles. The number of methoxy groups -OCH3 is 1. The van der Waals surface area contributed by atoms with Crippen LogP contribution >= 0.6 is 23.8 Å². The molecule has 2 aliphatic heterocycles. The van der Waals surface area contributed by atoms with E-state index in [-0.39, 0.29) is 18.1 Å². The Labute approximate surface area is 256 Å². The van der Waals surface area contributed by atoms with Crippen LogP contribution in [0, 0.1) is 11.8 Å². The molecule has 4 atom stereocenters. The first-order chi connectivity index (χ1) is 20.3. The highest BCUT2D eigenvalue weighted by Crippen LogP contribution is 2.44. The fourth-order valence-electron chi connectivity index (χ4n) is 6.24. The summed E-state index contributed by atoms with van der Waals surface area (Å²) in [5.41, 5.74) is 4.11. The highest BCUT2D eigenvalue weighted by Gasteiger charge is 2.43. The molecule has 4 aromatic rings. The number of thiocarbonyl (C=S) groups is 1. The lowest BCUT2D eigenvalue weighted by atomic mass is 9.91. The van der Waals surface area contributed by atoms with Crippen LogP contribution in [0.5, 0.6) is 0 Å². The molecule has 2 aliphatic rings. The minimum absolute atomic E-state index is 0.248. The van der Waals surface area contributed by atoms with E-state index < -0.39 is 0 Å². The maximum atomic E-state index is 11.9. The third kappa shape index (κ3) is 5.49. The van der Waals surface area contributed by atoms with Gasteiger partial charge >= 0.3 is 5.97 Å². The summed E-state index contributed by atoms with van der Waals surface area (Å²) in [6, 6.07) is 22.5. The Kier molecular flexibility index (Phi) is 7.92. The molecule has 6 rings (SSSR count). The zero-order chi connectivity index (χ0) is 29.4. The number of aromatic nitrogens is 1. The van der Waals surface area contributed by atoms with Gasteiger partial charge in [0.15, 0.2) is 5.11 Å². The highest BCUT2D eigenvalue weighted by atomic mass is 35.5. The van der Waals surface area contributed by atoms with Crippen molar-refractivity contribution in [3.63, 3.8) is 0 Å². The predicted molar refractivity (Wildman–Crippen MR) is 170 cm³/mol. The second kappa shape index (κ2) is 11.8. The van der Waals surface area contributed by atoms with E-state index in [1.165, 1.54) is 13.5 Å². The second-order valence-electron chi connectivity index (χ2n) is 11.3. The molecule has 0 aliphatic carbocycles. The standard InChI is InChI=1S/C33H33ClN4O3S/c1-20-16-21(2)19-37(18-20)27-12-11-24(17-25(27)34)38-31(30(36-33(38)42)26-6-4-5-15-35-26)29-14-13-28(41-29)22-7-9-23(10-8-22)32(39)40-3/h4-15,17,20-21,30-31H,16,18-19H2,1-3H3,(H,36,42)/t20-,21-,30+,31-/m1/s1. The van der Waals surface area contributed by atoms with Gasteiger partial charge in [0.25, 0.3) is 0 Å². The van der Waals surface area contributed by atoms with Gasteiger partial charge in [0.2, 0.25) is 0 Å². The van der Waals surface area contributed by atoms with Crippen molar-refractivity contribution < 1.29 is 13.9 Å². The fraction of sp³-hybridized carbons (Fsp3) is 0.303. The van der Waals surface area contributed by atoms with Crippen molar-refractivity contribution in [3.05, 3.63) is 101 Å². The van der Waals surface area contributed by atoms with Crippen molar-refractivity contribution >= 4 is 46.3 Å². The van der Waals surface area contributed by atoms with Crippen LogP contribution in [0.1, 0.15) is 54.2 Å². The largest absolute Gasteiger partial charge is 0.465 e. The van der Waals surface area contributed by atoms with E-state index in [2.05, 4.69) is 46.1 Å². The number of carbonyl (C=O) groups is 1. The zero-order valence-electron chi connectivity index (χ0n) is 23.8. The molecule has 2 saturated heterocycles. The van der Waals surface area contributed by atoms with Crippen LogP contribution in [0.25, 0.3) is 11.3 Å². The molecule has 7 nitrogen and oxygen atoms in total. The molecule has 0 bridgehead atoms. The summed E-state index contributed by atoms with van der Waals surface area (Å²) in [5, 5.41) is 4.75. The molecule has 1 N–H and O–H groups in total. The number of hydrogen-bond donors (Lipinski definition) is 1. The first-order valence-electron chi connectivity index (χ1n) is 14.2. The Morgan fingerprint density at radius 3 is 2.48 bits per heavy atom. The van der Waals surface area contributed by atoms with Gasteiger partial charge in [-0.15, -0.1) is 0 Å². The van der Waals surface area contributed by atoms with Gasteiger partial charge in [-0.1, -0.05) is 43.6 Å². The van der Waals surface area contributed by atoms with E-state index in [4.69, 9.17) is 33.0 Å². The molecule has 0 amide bonds. The number of ether oxygens (including phenoxy) is 1. The van der Waals surface area contributed by atoms with Crippen LogP contribution < -0.4 is 15.1 Å². The van der Waals surface area contributed by atoms with E-state index in [9.17, 15) is 4.79 Å². The van der Waals surface area contributed by atoms with Gasteiger partial charge in [-0.25, -0.2) is 4.79 Å². The van der Waals surface area contributed by atoms with Crippen molar-refractivity contribution in [1.82, 2.24) is 10.3 Å². The van der Waals surface area contributed by atoms with E-state index in [1.54, 1.807) is 18.3 Å². The Morgan fingerprint density at radius 2 is 1.81 bits per heavy atom. The normalized spacial score (nSPS) is 22.2. The molecule has 0 radical (unpaired) electrons. The number of furan rings is 1. The number of anilines is 2. The smallest absolute Gasteiger partial charge is 0.337 e. The zero-order valence-corrected chi connectivity index (χ0v) is 25.4. The van der Waals surface area contributed by atoms with Gasteiger partial charge in [-0.2, -0.15) is 0 Å². The average molecular weight is 601 g/mol. The summed E-state index contributed by atoms with van der Waals surface area (Å²) in [4.78, 5) is 21.0. The number of pyridine rings is 1. The molecule has 2 aromatic carbocycles. The topological polar surface area (TPSA) is 70.8 Å². The Morgan fingerprint density at radius 1 is 1.05 bits per heavy atom. The van der Waals surface area contributed by atoms with Crippen LogP contribution in [-0.2, 0) is 4.74 Å². The number of hydrogen-bond acceptors (Lipinski definition) is 6. The Balaban J connectivity index is 1.36. The van der Waals surface area contributed by atoms with E-state index in [0.717, 1.165) is 41.5 Å². The molecule has 216 valence electrons. The number of halogens is 1. The summed E-state index contributed by atoms with van der Waals surface area (Å²) < 4.78 is 11.3. The fourth-order valence-corrected chi connectivity index (χ4v) is 6.88. The number of rotatable bonds is 6. The molecule has 0 spiro atoms. The van der Waals surface area contributed by atoms with E-state index >= 15 is 0 Å². The third-order valence-electron chi connectivity index (χ3n) is 8.03. The SMILES string of the molecule is COC(=O)c1ccc(-c2ccc([C@@H]3[C@H](c4ccccn4)NC(=S)N3c3ccc(N4C[C@H](C)C[C@@H](C)C4)c(Cl)c3)o2)cc1. The highest BCUT2D eigenvalue weighted by molar-refractivity contribution is 7.80. The average Bonchev–Trinajstić information content (AvgIpc) is 3.61. The first-order valence-corrected chi connectivity index (χ1v) is 14.9. The number of esters is 1. The minimum atomic E-state index is -0.380. The van der Waals surface area contributed by atoms with Crippen LogP contribution in [-0.4, -0.2) is 36.3 Å². The number of nitrogens with one attached hydrogen (secondary N) is 1. The van der Waals surface area contributed by atoms with Crippen molar-refractivity contribution in [1.29, 1.82) is 0 Å². The molecular formula is C33H33ClN4O3S. The van der Waals surface area contributed by atoms with Crippen LogP contribution in [0.15, 0.2) is 83.4 Å². The van der Waals surface area contributed by atoms with Crippen molar-refractivity contribution in [3.8, 4) is 11.3 Å². The van der Waals surface area contributed by atoms with Gasteiger partial charge in [-0.3, -0.25) is 4.98 Å². The first kappa shape index (κ1) is 28.2. The summed E-state index contributed by atoms with van der Waals surface area (Å²) in [6.07, 6.45) is 3.01. The number of benzene rings is 2. The summed E-state index contributed by atoms with van der Waals surface area (Å²) >= 11 is 12.9. The molecule has 42 heavy (non-hydrogen) atoms. The van der Waals surface area contributed by atoms with E-state index in [1.807, 2.05) is 48.5 Å². The molecule has 2 fully saturated rings. The van der Waals surface area contributed by atoms with Crippen LogP contribution in [0.3, 0.4) is 0 Å². The maximum Gasteiger partial charge on any atom is 0.337 e. The maximum absolute atomic E-state index is 11.9. The van der Waals surface area contributed by atoms with Crippen LogP contribution in [0.4, 0.5) is 11.4 Å². The molecule has 9 heteroatoms. The Hall–Kier alpha value is -3.88. The predicted octanol–water partition coefficient (Wildman–Crippen LogP) is 7.44. The lowest BCUT2D eigenvalue weighted by molar-refractivity contribution is 0.0600. The lowest BCUT2D eigenvalue weighted by Crippen LogP contribution is -2.38. The number of piperidine rings is 1. The second-order valence-corrected chi connectivity index (χ2v) is 12.0.